The van der Waals surface area contributed by atoms with Gasteiger partial charge < -0.3 is 9.88 Å². The van der Waals surface area contributed by atoms with Crippen molar-refractivity contribution < 1.29 is 0 Å². The third kappa shape index (κ3) is 3.67. The lowest BCUT2D eigenvalue weighted by atomic mass is 9.86. The quantitative estimate of drug-likeness (QED) is 0.874. The SMILES string of the molecule is CCC1(CC)CN(CCc2nccn2C)C(C(C)C)CN1. The normalized spacial score (nSPS) is 22.9. The van der Waals surface area contributed by atoms with Crippen LogP contribution in [0.1, 0.15) is 46.4 Å². The highest BCUT2D eigenvalue weighted by Crippen LogP contribution is 2.25. The van der Waals surface area contributed by atoms with Gasteiger partial charge >= 0.3 is 0 Å². The zero-order valence-corrected chi connectivity index (χ0v) is 14.4. The molecule has 2 heterocycles. The van der Waals surface area contributed by atoms with Crippen molar-refractivity contribution in [2.75, 3.05) is 19.6 Å². The van der Waals surface area contributed by atoms with E-state index in [0.717, 1.165) is 26.1 Å². The van der Waals surface area contributed by atoms with Gasteiger partial charge in [0.25, 0.3) is 0 Å². The summed E-state index contributed by atoms with van der Waals surface area (Å²) >= 11 is 0. The monoisotopic (exact) mass is 292 g/mol. The van der Waals surface area contributed by atoms with Crippen LogP contribution in [0.3, 0.4) is 0 Å². The number of rotatable bonds is 6. The van der Waals surface area contributed by atoms with Crippen molar-refractivity contribution in [3.8, 4) is 0 Å². The van der Waals surface area contributed by atoms with Crippen molar-refractivity contribution >= 4 is 0 Å². The summed E-state index contributed by atoms with van der Waals surface area (Å²) in [5.74, 6) is 1.88. The Morgan fingerprint density at radius 1 is 1.38 bits per heavy atom. The molecular weight excluding hydrogens is 260 g/mol. The van der Waals surface area contributed by atoms with Gasteiger partial charge in [0.05, 0.1) is 0 Å². The van der Waals surface area contributed by atoms with Crippen LogP contribution in [0.5, 0.6) is 0 Å². The lowest BCUT2D eigenvalue weighted by molar-refractivity contribution is 0.0509. The van der Waals surface area contributed by atoms with E-state index in [9.17, 15) is 0 Å². The molecule has 2 rings (SSSR count). The van der Waals surface area contributed by atoms with Gasteiger partial charge in [-0.15, -0.1) is 0 Å². The Bertz CT molecular complexity index is 434. The van der Waals surface area contributed by atoms with E-state index < -0.39 is 0 Å². The number of aromatic nitrogens is 2. The van der Waals surface area contributed by atoms with Gasteiger partial charge in [-0.2, -0.15) is 0 Å². The summed E-state index contributed by atoms with van der Waals surface area (Å²) in [6.07, 6.45) is 7.38. The van der Waals surface area contributed by atoms with Gasteiger partial charge in [-0.3, -0.25) is 4.90 Å². The van der Waals surface area contributed by atoms with E-state index in [1.807, 2.05) is 12.4 Å². The average molecular weight is 292 g/mol. The highest BCUT2D eigenvalue weighted by Gasteiger charge is 2.37. The Morgan fingerprint density at radius 2 is 2.10 bits per heavy atom. The van der Waals surface area contributed by atoms with Crippen LogP contribution in [0, 0.1) is 5.92 Å². The molecule has 1 aliphatic heterocycles. The van der Waals surface area contributed by atoms with Gasteiger partial charge in [-0.1, -0.05) is 27.7 Å². The Morgan fingerprint density at radius 3 is 2.62 bits per heavy atom. The minimum Gasteiger partial charge on any atom is -0.338 e. The first-order chi connectivity index (χ1) is 10.0. The summed E-state index contributed by atoms with van der Waals surface area (Å²) < 4.78 is 2.14. The fraction of sp³-hybridized carbons (Fsp3) is 0.824. The van der Waals surface area contributed by atoms with Crippen molar-refractivity contribution in [2.45, 2.75) is 58.5 Å². The smallest absolute Gasteiger partial charge is 0.109 e. The summed E-state index contributed by atoms with van der Waals surface area (Å²) in [6, 6.07) is 0.636. The van der Waals surface area contributed by atoms with Crippen LogP contribution < -0.4 is 5.32 Å². The molecule has 1 aromatic heterocycles. The highest BCUT2D eigenvalue weighted by atomic mass is 15.3. The first-order valence-electron chi connectivity index (χ1n) is 8.46. The molecule has 120 valence electrons. The second-order valence-corrected chi connectivity index (χ2v) is 6.85. The first-order valence-corrected chi connectivity index (χ1v) is 8.46. The number of aryl methyl sites for hydroxylation is 1. The topological polar surface area (TPSA) is 33.1 Å². The zero-order valence-electron chi connectivity index (χ0n) is 14.4. The van der Waals surface area contributed by atoms with E-state index >= 15 is 0 Å². The Hall–Kier alpha value is -0.870. The summed E-state index contributed by atoms with van der Waals surface area (Å²) in [6.45, 7) is 12.7. The van der Waals surface area contributed by atoms with E-state index in [2.05, 4.69) is 54.5 Å². The molecule has 1 aromatic rings. The van der Waals surface area contributed by atoms with Crippen LogP contribution in [-0.4, -0.2) is 45.7 Å². The average Bonchev–Trinajstić information content (AvgIpc) is 2.89. The standard InChI is InChI=1S/C17H32N4/c1-6-17(7-2)13-21(15(12-19-17)14(3)4)10-8-16-18-9-11-20(16)5/h9,11,14-15,19H,6-8,10,12-13H2,1-5H3. The van der Waals surface area contributed by atoms with E-state index in [1.54, 1.807) is 0 Å². The molecule has 0 radical (unpaired) electrons. The third-order valence-electron chi connectivity index (χ3n) is 5.33. The second kappa shape index (κ2) is 6.93. The second-order valence-electron chi connectivity index (χ2n) is 6.85. The maximum Gasteiger partial charge on any atom is 0.109 e. The fourth-order valence-electron chi connectivity index (χ4n) is 3.52. The van der Waals surface area contributed by atoms with E-state index in [-0.39, 0.29) is 0 Å². The molecule has 0 saturated carbocycles. The minimum absolute atomic E-state index is 0.299. The van der Waals surface area contributed by atoms with Crippen LogP contribution in [0.15, 0.2) is 12.4 Å². The molecule has 1 N–H and O–H groups in total. The molecule has 4 heteroatoms. The number of hydrogen-bond donors (Lipinski definition) is 1. The van der Waals surface area contributed by atoms with Crippen molar-refractivity contribution in [1.82, 2.24) is 19.8 Å². The van der Waals surface area contributed by atoms with E-state index in [0.29, 0.717) is 17.5 Å². The molecule has 0 spiro atoms. The Kier molecular flexibility index (Phi) is 5.44. The molecule has 21 heavy (non-hydrogen) atoms. The highest BCUT2D eigenvalue weighted by molar-refractivity contribution is 4.99. The van der Waals surface area contributed by atoms with E-state index in [1.165, 1.54) is 18.7 Å². The summed E-state index contributed by atoms with van der Waals surface area (Å²) in [4.78, 5) is 7.16. The van der Waals surface area contributed by atoms with Crippen LogP contribution in [0.4, 0.5) is 0 Å². The molecule has 0 aromatic carbocycles. The Balaban J connectivity index is 2.05. The van der Waals surface area contributed by atoms with Crippen LogP contribution >= 0.6 is 0 Å². The predicted octanol–water partition coefficient (Wildman–Crippen LogP) is 2.45. The molecule has 1 atom stereocenters. The molecule has 1 saturated heterocycles. The predicted molar refractivity (Wildman–Crippen MR) is 88.4 cm³/mol. The number of nitrogens with one attached hydrogen (secondary N) is 1. The van der Waals surface area contributed by atoms with E-state index in [4.69, 9.17) is 0 Å². The van der Waals surface area contributed by atoms with Crippen molar-refractivity contribution in [3.63, 3.8) is 0 Å². The largest absolute Gasteiger partial charge is 0.338 e. The molecule has 0 aliphatic carbocycles. The van der Waals surface area contributed by atoms with Crippen LogP contribution in [0.25, 0.3) is 0 Å². The lowest BCUT2D eigenvalue weighted by Crippen LogP contribution is -2.65. The van der Waals surface area contributed by atoms with Gasteiger partial charge in [-0.25, -0.2) is 4.98 Å². The molecule has 1 aliphatic rings. The van der Waals surface area contributed by atoms with Crippen molar-refractivity contribution in [3.05, 3.63) is 18.2 Å². The number of nitrogens with zero attached hydrogens (tertiary/aromatic N) is 3. The summed E-state index contributed by atoms with van der Waals surface area (Å²) in [5, 5.41) is 3.84. The maximum absolute atomic E-state index is 4.47. The molecule has 0 amide bonds. The molecule has 4 nitrogen and oxygen atoms in total. The maximum atomic E-state index is 4.47. The minimum atomic E-state index is 0.299. The molecule has 1 fully saturated rings. The third-order valence-corrected chi connectivity index (χ3v) is 5.33. The number of hydrogen-bond acceptors (Lipinski definition) is 3. The van der Waals surface area contributed by atoms with Crippen molar-refractivity contribution in [1.29, 1.82) is 0 Å². The molecule has 1 unspecified atom stereocenters. The summed E-state index contributed by atoms with van der Waals surface area (Å²) in [5.41, 5.74) is 0.299. The van der Waals surface area contributed by atoms with Gasteiger partial charge in [0.15, 0.2) is 0 Å². The van der Waals surface area contributed by atoms with Gasteiger partial charge in [0, 0.05) is 57.1 Å². The zero-order chi connectivity index (χ0) is 15.5. The number of imidazole rings is 1. The van der Waals surface area contributed by atoms with Crippen molar-refractivity contribution in [2.24, 2.45) is 13.0 Å². The van der Waals surface area contributed by atoms with Crippen LogP contribution in [-0.2, 0) is 13.5 Å². The lowest BCUT2D eigenvalue weighted by Gasteiger charge is -2.49. The molecular formula is C17H32N4. The van der Waals surface area contributed by atoms with Gasteiger partial charge in [-0.05, 0) is 18.8 Å². The van der Waals surface area contributed by atoms with Gasteiger partial charge in [0.2, 0.25) is 0 Å². The first kappa shape index (κ1) is 16.5. The van der Waals surface area contributed by atoms with Crippen LogP contribution in [0.2, 0.25) is 0 Å². The molecule has 0 bridgehead atoms. The fourth-order valence-corrected chi connectivity index (χ4v) is 3.52. The number of piperazine rings is 1. The van der Waals surface area contributed by atoms with Gasteiger partial charge in [0.1, 0.15) is 5.82 Å². The summed E-state index contributed by atoms with van der Waals surface area (Å²) in [7, 11) is 2.09. The Labute approximate surface area is 129 Å².